The Morgan fingerprint density at radius 3 is 2.26 bits per heavy atom. The quantitative estimate of drug-likeness (QED) is 0.512. The third kappa shape index (κ3) is 5.94. The number of nitrogens with zero attached hydrogens (tertiary/aromatic N) is 1. The molecule has 1 fully saturated rings. The summed E-state index contributed by atoms with van der Waals surface area (Å²) >= 11 is 0. The molecule has 34 heavy (non-hydrogen) atoms. The summed E-state index contributed by atoms with van der Waals surface area (Å²) in [5.74, 6) is 0.525. The maximum atomic E-state index is 12.6. The molecular weight excluding hydrogens is 434 g/mol. The van der Waals surface area contributed by atoms with Gasteiger partial charge in [0.25, 0.3) is 0 Å². The highest BCUT2D eigenvalue weighted by atomic mass is 16.7. The predicted molar refractivity (Wildman–Crippen MR) is 126 cm³/mol. The average molecular weight is 464 g/mol. The van der Waals surface area contributed by atoms with Crippen LogP contribution in [0.15, 0.2) is 84.9 Å². The van der Waals surface area contributed by atoms with Crippen LogP contribution >= 0.6 is 0 Å². The van der Waals surface area contributed by atoms with E-state index in [1.807, 2.05) is 67.6 Å². The van der Waals surface area contributed by atoms with E-state index < -0.39 is 24.3 Å². The zero-order valence-corrected chi connectivity index (χ0v) is 19.1. The number of hydrogen-bond acceptors (Lipinski definition) is 7. The number of morpholine rings is 1. The van der Waals surface area contributed by atoms with Gasteiger partial charge in [0.15, 0.2) is 23.7 Å². The number of hydrogen-bond donors (Lipinski definition) is 1. The third-order valence-electron chi connectivity index (χ3n) is 5.48. The van der Waals surface area contributed by atoms with Gasteiger partial charge >= 0.3 is 5.97 Å². The highest BCUT2D eigenvalue weighted by Gasteiger charge is 2.34. The van der Waals surface area contributed by atoms with Crippen molar-refractivity contribution in [2.45, 2.75) is 25.2 Å². The van der Waals surface area contributed by atoms with Crippen LogP contribution < -0.4 is 9.47 Å². The van der Waals surface area contributed by atoms with Gasteiger partial charge in [-0.05, 0) is 30.2 Å². The molecule has 7 nitrogen and oxygen atoms in total. The van der Waals surface area contributed by atoms with Crippen LogP contribution in [0.2, 0.25) is 0 Å². The third-order valence-corrected chi connectivity index (χ3v) is 5.48. The second-order valence-corrected chi connectivity index (χ2v) is 7.85. The first-order chi connectivity index (χ1) is 16.7. The Balaban J connectivity index is 1.50. The SMILES string of the molecule is CCOc1ccccc1OC(c1ccccc1)C1CN(OC(=O)C(O)c2ccccc2)CCO1. The number of carbonyl (C=O) groups is 1. The van der Waals surface area contributed by atoms with Crippen molar-refractivity contribution in [3.8, 4) is 11.5 Å². The number of carbonyl (C=O) groups excluding carboxylic acids is 1. The molecule has 1 aliphatic rings. The van der Waals surface area contributed by atoms with Gasteiger partial charge in [0, 0.05) is 0 Å². The molecule has 0 radical (unpaired) electrons. The van der Waals surface area contributed by atoms with E-state index in [1.54, 1.807) is 24.3 Å². The number of aliphatic hydroxyl groups excluding tert-OH is 1. The molecule has 1 saturated heterocycles. The molecule has 3 unspecified atom stereocenters. The molecule has 1 heterocycles. The maximum absolute atomic E-state index is 12.6. The largest absolute Gasteiger partial charge is 0.490 e. The minimum atomic E-state index is -1.36. The van der Waals surface area contributed by atoms with Gasteiger partial charge in [-0.1, -0.05) is 72.8 Å². The Morgan fingerprint density at radius 2 is 1.59 bits per heavy atom. The fourth-order valence-electron chi connectivity index (χ4n) is 3.83. The van der Waals surface area contributed by atoms with E-state index in [0.717, 1.165) is 5.56 Å². The molecule has 3 atom stereocenters. The molecule has 3 aromatic carbocycles. The monoisotopic (exact) mass is 463 g/mol. The van der Waals surface area contributed by atoms with Crippen molar-refractivity contribution in [3.63, 3.8) is 0 Å². The van der Waals surface area contributed by atoms with Crippen LogP contribution in [0.4, 0.5) is 0 Å². The van der Waals surface area contributed by atoms with Gasteiger partial charge in [-0.15, -0.1) is 5.06 Å². The number of hydroxylamine groups is 2. The van der Waals surface area contributed by atoms with Crippen molar-refractivity contribution < 1.29 is 28.9 Å². The number of ether oxygens (including phenoxy) is 3. The van der Waals surface area contributed by atoms with Crippen LogP contribution in [0.5, 0.6) is 11.5 Å². The molecule has 0 aliphatic carbocycles. The predicted octanol–water partition coefficient (Wildman–Crippen LogP) is 4.10. The van der Waals surface area contributed by atoms with Gasteiger partial charge in [-0.25, -0.2) is 4.79 Å². The highest BCUT2D eigenvalue weighted by Crippen LogP contribution is 2.34. The smallest absolute Gasteiger partial charge is 0.358 e. The summed E-state index contributed by atoms with van der Waals surface area (Å²) < 4.78 is 18.2. The van der Waals surface area contributed by atoms with E-state index in [0.29, 0.717) is 36.8 Å². The van der Waals surface area contributed by atoms with Crippen molar-refractivity contribution in [1.82, 2.24) is 5.06 Å². The van der Waals surface area contributed by atoms with E-state index in [9.17, 15) is 9.90 Å². The lowest BCUT2D eigenvalue weighted by Crippen LogP contribution is -2.47. The lowest BCUT2D eigenvalue weighted by Gasteiger charge is -2.36. The highest BCUT2D eigenvalue weighted by molar-refractivity contribution is 5.75. The van der Waals surface area contributed by atoms with E-state index in [-0.39, 0.29) is 6.54 Å². The molecule has 0 aromatic heterocycles. The summed E-state index contributed by atoms with van der Waals surface area (Å²) in [6.45, 7) is 3.46. The lowest BCUT2D eigenvalue weighted by molar-refractivity contribution is -0.229. The number of benzene rings is 3. The average Bonchev–Trinajstić information content (AvgIpc) is 2.89. The summed E-state index contributed by atoms with van der Waals surface area (Å²) in [6, 6.07) is 26.0. The fourth-order valence-corrected chi connectivity index (χ4v) is 3.83. The topological polar surface area (TPSA) is 77.5 Å². The minimum Gasteiger partial charge on any atom is -0.490 e. The summed E-state index contributed by atoms with van der Waals surface area (Å²) in [6.07, 6.45) is -2.25. The van der Waals surface area contributed by atoms with Gasteiger partial charge in [0.1, 0.15) is 6.10 Å². The molecule has 3 aromatic rings. The summed E-state index contributed by atoms with van der Waals surface area (Å²) in [4.78, 5) is 18.1. The Bertz CT molecular complexity index is 1050. The first kappa shape index (κ1) is 23.8. The Labute approximate surface area is 199 Å². The molecule has 0 saturated carbocycles. The minimum absolute atomic E-state index is 0.281. The van der Waals surface area contributed by atoms with E-state index in [4.69, 9.17) is 19.0 Å². The molecule has 178 valence electrons. The van der Waals surface area contributed by atoms with Gasteiger partial charge in [0.2, 0.25) is 0 Å². The van der Waals surface area contributed by atoms with Gasteiger partial charge in [-0.2, -0.15) is 0 Å². The van der Waals surface area contributed by atoms with E-state index in [2.05, 4.69) is 0 Å². The molecule has 4 rings (SSSR count). The second kappa shape index (κ2) is 11.7. The van der Waals surface area contributed by atoms with Gasteiger partial charge in [0.05, 0.1) is 26.3 Å². The maximum Gasteiger partial charge on any atom is 0.358 e. The molecule has 0 amide bonds. The molecule has 0 spiro atoms. The normalized spacial score (nSPS) is 18.0. The van der Waals surface area contributed by atoms with Crippen LogP contribution in [0, 0.1) is 0 Å². The van der Waals surface area contributed by atoms with Crippen molar-refractivity contribution in [3.05, 3.63) is 96.1 Å². The number of rotatable bonds is 9. The van der Waals surface area contributed by atoms with Gasteiger partial charge < -0.3 is 24.2 Å². The Hall–Kier alpha value is -3.39. The van der Waals surface area contributed by atoms with Crippen LogP contribution in [0.3, 0.4) is 0 Å². The zero-order chi connectivity index (χ0) is 23.8. The van der Waals surface area contributed by atoms with Crippen molar-refractivity contribution in [2.75, 3.05) is 26.3 Å². The molecular formula is C27H29NO6. The summed E-state index contributed by atoms with van der Waals surface area (Å²) in [7, 11) is 0. The fraction of sp³-hybridized carbons (Fsp3) is 0.296. The van der Waals surface area contributed by atoms with Crippen LogP contribution in [-0.4, -0.2) is 48.5 Å². The van der Waals surface area contributed by atoms with Crippen molar-refractivity contribution in [2.24, 2.45) is 0 Å². The molecule has 7 heteroatoms. The lowest BCUT2D eigenvalue weighted by atomic mass is 10.0. The second-order valence-electron chi connectivity index (χ2n) is 7.85. The standard InChI is InChI=1S/C27H29NO6/c1-2-31-22-15-9-10-16-23(22)33-26(21-13-7-4-8-14-21)24-19-28(17-18-32-24)34-27(30)25(29)20-11-5-3-6-12-20/h3-16,24-26,29H,2,17-19H2,1H3. The van der Waals surface area contributed by atoms with E-state index in [1.165, 1.54) is 5.06 Å². The molecule has 1 N–H and O–H groups in total. The van der Waals surface area contributed by atoms with Crippen molar-refractivity contribution in [1.29, 1.82) is 0 Å². The van der Waals surface area contributed by atoms with Crippen LogP contribution in [0.25, 0.3) is 0 Å². The summed E-state index contributed by atoms with van der Waals surface area (Å²) in [5.41, 5.74) is 1.41. The van der Waals surface area contributed by atoms with Gasteiger partial charge in [-0.3, -0.25) is 0 Å². The summed E-state index contributed by atoms with van der Waals surface area (Å²) in [5, 5.41) is 11.9. The molecule has 1 aliphatic heterocycles. The Kier molecular flexibility index (Phi) is 8.14. The molecule has 0 bridgehead atoms. The first-order valence-corrected chi connectivity index (χ1v) is 11.4. The number of para-hydroxylation sites is 2. The van der Waals surface area contributed by atoms with E-state index >= 15 is 0 Å². The first-order valence-electron chi connectivity index (χ1n) is 11.4. The van der Waals surface area contributed by atoms with Crippen LogP contribution in [-0.2, 0) is 14.4 Å². The number of aliphatic hydroxyl groups is 1. The zero-order valence-electron chi connectivity index (χ0n) is 19.1. The van der Waals surface area contributed by atoms with Crippen molar-refractivity contribution >= 4 is 5.97 Å². The van der Waals surface area contributed by atoms with Crippen LogP contribution in [0.1, 0.15) is 30.3 Å². The Morgan fingerprint density at radius 1 is 0.971 bits per heavy atom.